The molecule has 0 aliphatic carbocycles. The predicted octanol–water partition coefficient (Wildman–Crippen LogP) is 3.07. The van der Waals surface area contributed by atoms with E-state index in [1.54, 1.807) is 29.0 Å². The highest BCUT2D eigenvalue weighted by Gasteiger charge is 2.06. The number of hydrogen-bond donors (Lipinski definition) is 1. The van der Waals surface area contributed by atoms with Crippen molar-refractivity contribution >= 4 is 38.7 Å². The molecule has 4 nitrogen and oxygen atoms in total. The fraction of sp³-hybridized carbons (Fsp3) is 0.182. The first-order valence-electron chi connectivity index (χ1n) is 5.15. The monoisotopic (exact) mass is 262 g/mol. The lowest BCUT2D eigenvalue weighted by Crippen LogP contribution is -2.01. The molecular weight excluding hydrogens is 252 g/mol. The molecule has 0 fully saturated rings. The summed E-state index contributed by atoms with van der Waals surface area (Å²) in [6.45, 7) is 2.79. The summed E-state index contributed by atoms with van der Waals surface area (Å²) in [5, 5.41) is 5.38. The van der Waals surface area contributed by atoms with Gasteiger partial charge in [-0.1, -0.05) is 0 Å². The minimum absolute atomic E-state index is 0.764. The number of anilines is 1. The van der Waals surface area contributed by atoms with Gasteiger partial charge in [0.05, 0.1) is 28.0 Å². The Balaban J connectivity index is 1.86. The van der Waals surface area contributed by atoms with Crippen LogP contribution in [-0.2, 0) is 6.54 Å². The minimum Gasteiger partial charge on any atom is -0.364 e. The quantitative estimate of drug-likeness (QED) is 0.788. The van der Waals surface area contributed by atoms with Crippen molar-refractivity contribution in [2.45, 2.75) is 13.5 Å². The number of thiazole rings is 1. The van der Waals surface area contributed by atoms with E-state index in [0.717, 1.165) is 28.3 Å². The molecule has 86 valence electrons. The van der Waals surface area contributed by atoms with Crippen LogP contribution in [0.4, 0.5) is 5.82 Å². The maximum absolute atomic E-state index is 4.28. The molecule has 0 spiro atoms. The van der Waals surface area contributed by atoms with Crippen LogP contribution in [0.1, 0.15) is 10.6 Å². The fourth-order valence-electron chi connectivity index (χ4n) is 1.57. The van der Waals surface area contributed by atoms with Gasteiger partial charge in [0, 0.05) is 4.88 Å². The van der Waals surface area contributed by atoms with Crippen molar-refractivity contribution in [2.75, 3.05) is 5.32 Å². The second kappa shape index (κ2) is 4.38. The number of aromatic nitrogens is 3. The van der Waals surface area contributed by atoms with Gasteiger partial charge in [0.2, 0.25) is 0 Å². The van der Waals surface area contributed by atoms with E-state index in [-0.39, 0.29) is 0 Å². The van der Waals surface area contributed by atoms with Gasteiger partial charge in [-0.2, -0.15) is 0 Å². The summed E-state index contributed by atoms with van der Waals surface area (Å²) in [5.74, 6) is 0.901. The summed E-state index contributed by atoms with van der Waals surface area (Å²) in [5.41, 5.74) is 3.94. The maximum Gasteiger partial charge on any atom is 0.147 e. The standard InChI is InChI=1S/C11H10N4S2/c1-7-9(17-6-15-7)4-12-11-10-8(2-3-16-10)13-5-14-11/h2-3,5-6H,4H2,1H3,(H,12,13,14). The lowest BCUT2D eigenvalue weighted by Gasteiger charge is -2.04. The molecule has 0 bridgehead atoms. The summed E-state index contributed by atoms with van der Waals surface area (Å²) < 4.78 is 1.11. The van der Waals surface area contributed by atoms with Gasteiger partial charge in [-0.05, 0) is 18.4 Å². The molecule has 3 heterocycles. The molecule has 0 aliphatic rings. The molecule has 0 amide bonds. The molecule has 3 aromatic heterocycles. The molecule has 0 saturated heterocycles. The lowest BCUT2D eigenvalue weighted by molar-refractivity contribution is 1.09. The molecule has 6 heteroatoms. The number of nitrogens with one attached hydrogen (secondary N) is 1. The summed E-state index contributed by atoms with van der Waals surface area (Å²) in [6.07, 6.45) is 1.59. The molecule has 0 radical (unpaired) electrons. The van der Waals surface area contributed by atoms with Gasteiger partial charge in [-0.15, -0.1) is 22.7 Å². The molecule has 0 saturated carbocycles. The van der Waals surface area contributed by atoms with Crippen molar-refractivity contribution in [1.29, 1.82) is 0 Å². The van der Waals surface area contributed by atoms with E-state index < -0.39 is 0 Å². The fourth-order valence-corrected chi connectivity index (χ4v) is 3.10. The molecule has 0 atom stereocenters. The highest BCUT2D eigenvalue weighted by atomic mass is 32.1. The number of thiophene rings is 1. The van der Waals surface area contributed by atoms with Gasteiger partial charge in [0.1, 0.15) is 12.1 Å². The molecule has 3 rings (SSSR count). The second-order valence-electron chi connectivity index (χ2n) is 3.57. The molecule has 3 aromatic rings. The van der Waals surface area contributed by atoms with Gasteiger partial charge in [0.15, 0.2) is 0 Å². The number of rotatable bonds is 3. The van der Waals surface area contributed by atoms with E-state index >= 15 is 0 Å². The molecule has 0 aromatic carbocycles. The Morgan fingerprint density at radius 2 is 2.18 bits per heavy atom. The molecule has 1 N–H and O–H groups in total. The van der Waals surface area contributed by atoms with E-state index in [1.165, 1.54) is 4.88 Å². The first kappa shape index (κ1) is 10.6. The largest absolute Gasteiger partial charge is 0.364 e. The van der Waals surface area contributed by atoms with Crippen LogP contribution in [0.25, 0.3) is 10.2 Å². The first-order chi connectivity index (χ1) is 8.34. The van der Waals surface area contributed by atoms with Crippen LogP contribution in [0.5, 0.6) is 0 Å². The minimum atomic E-state index is 0.764. The third-order valence-electron chi connectivity index (χ3n) is 2.50. The van der Waals surface area contributed by atoms with Crippen molar-refractivity contribution in [2.24, 2.45) is 0 Å². The Hall–Kier alpha value is -1.53. The van der Waals surface area contributed by atoms with Crippen molar-refractivity contribution < 1.29 is 0 Å². The molecular formula is C11H10N4S2. The van der Waals surface area contributed by atoms with E-state index in [2.05, 4.69) is 20.3 Å². The van der Waals surface area contributed by atoms with E-state index in [1.807, 2.05) is 23.9 Å². The normalized spacial score (nSPS) is 10.9. The average molecular weight is 262 g/mol. The number of aryl methyl sites for hydroxylation is 1. The summed E-state index contributed by atoms with van der Waals surface area (Å²) in [7, 11) is 0. The summed E-state index contributed by atoms with van der Waals surface area (Å²) >= 11 is 3.32. The van der Waals surface area contributed by atoms with Gasteiger partial charge in [-0.25, -0.2) is 15.0 Å². The van der Waals surface area contributed by atoms with Crippen molar-refractivity contribution in [3.05, 3.63) is 33.9 Å². The van der Waals surface area contributed by atoms with E-state index in [4.69, 9.17) is 0 Å². The maximum atomic E-state index is 4.28. The van der Waals surface area contributed by atoms with E-state index in [9.17, 15) is 0 Å². The number of fused-ring (bicyclic) bond motifs is 1. The van der Waals surface area contributed by atoms with Crippen molar-refractivity contribution in [1.82, 2.24) is 15.0 Å². The zero-order chi connectivity index (χ0) is 11.7. The third kappa shape index (κ3) is 2.01. The van der Waals surface area contributed by atoms with Gasteiger partial charge in [0.25, 0.3) is 0 Å². The van der Waals surface area contributed by atoms with E-state index in [0.29, 0.717) is 0 Å². The summed E-state index contributed by atoms with van der Waals surface area (Å²) in [4.78, 5) is 14.0. The Kier molecular flexibility index (Phi) is 2.74. The summed E-state index contributed by atoms with van der Waals surface area (Å²) in [6, 6.07) is 2.00. The highest BCUT2D eigenvalue weighted by molar-refractivity contribution is 7.17. The molecule has 0 unspecified atom stereocenters. The van der Waals surface area contributed by atoms with Crippen molar-refractivity contribution in [3.63, 3.8) is 0 Å². The third-order valence-corrected chi connectivity index (χ3v) is 4.35. The van der Waals surface area contributed by atoms with Crippen LogP contribution in [-0.4, -0.2) is 15.0 Å². The SMILES string of the molecule is Cc1ncsc1CNc1ncnc2ccsc12. The molecule has 17 heavy (non-hydrogen) atoms. The predicted molar refractivity (Wildman–Crippen MR) is 71.6 cm³/mol. The highest BCUT2D eigenvalue weighted by Crippen LogP contribution is 2.25. The second-order valence-corrected chi connectivity index (χ2v) is 5.43. The van der Waals surface area contributed by atoms with Gasteiger partial charge in [-0.3, -0.25) is 0 Å². The average Bonchev–Trinajstić information content (AvgIpc) is 2.95. The van der Waals surface area contributed by atoms with Crippen LogP contribution < -0.4 is 5.32 Å². The Bertz CT molecular complexity index is 644. The number of hydrogen-bond acceptors (Lipinski definition) is 6. The number of nitrogens with zero attached hydrogens (tertiary/aromatic N) is 3. The van der Waals surface area contributed by atoms with Crippen molar-refractivity contribution in [3.8, 4) is 0 Å². The van der Waals surface area contributed by atoms with Crippen LogP contribution in [0.2, 0.25) is 0 Å². The van der Waals surface area contributed by atoms with Crippen LogP contribution in [0, 0.1) is 6.92 Å². The zero-order valence-electron chi connectivity index (χ0n) is 9.17. The molecule has 0 aliphatic heterocycles. The van der Waals surface area contributed by atoms with Crippen LogP contribution in [0.15, 0.2) is 23.3 Å². The zero-order valence-corrected chi connectivity index (χ0v) is 10.8. The van der Waals surface area contributed by atoms with Crippen LogP contribution in [0.3, 0.4) is 0 Å². The topological polar surface area (TPSA) is 50.7 Å². The van der Waals surface area contributed by atoms with Crippen LogP contribution >= 0.6 is 22.7 Å². The lowest BCUT2D eigenvalue weighted by atomic mass is 10.4. The van der Waals surface area contributed by atoms with Gasteiger partial charge < -0.3 is 5.32 Å². The Morgan fingerprint density at radius 1 is 1.24 bits per heavy atom. The smallest absolute Gasteiger partial charge is 0.147 e. The van der Waals surface area contributed by atoms with Gasteiger partial charge >= 0.3 is 0 Å². The Morgan fingerprint density at radius 3 is 3.00 bits per heavy atom. The first-order valence-corrected chi connectivity index (χ1v) is 6.91. The Labute approximate surface area is 106 Å².